The van der Waals surface area contributed by atoms with Crippen LogP contribution in [-0.2, 0) is 0 Å². The fourth-order valence-corrected chi connectivity index (χ4v) is 2.43. The zero-order valence-corrected chi connectivity index (χ0v) is 15.3. The molecule has 6 nitrogen and oxygen atoms in total. The predicted molar refractivity (Wildman–Crippen MR) is 103 cm³/mol. The Labute approximate surface area is 157 Å². The van der Waals surface area contributed by atoms with Gasteiger partial charge in [0.25, 0.3) is 0 Å². The highest BCUT2D eigenvalue weighted by Crippen LogP contribution is 2.26. The molecule has 0 amide bonds. The van der Waals surface area contributed by atoms with Crippen molar-refractivity contribution in [3.8, 4) is 17.5 Å². The first-order valence-electron chi connectivity index (χ1n) is 8.40. The van der Waals surface area contributed by atoms with Gasteiger partial charge in [0.15, 0.2) is 0 Å². The van der Waals surface area contributed by atoms with E-state index >= 15 is 0 Å². The first-order valence-corrected chi connectivity index (χ1v) is 8.40. The second kappa shape index (κ2) is 7.38. The number of anilines is 3. The van der Waals surface area contributed by atoms with Crippen LogP contribution in [0, 0.1) is 17.1 Å². The first-order chi connectivity index (χ1) is 12.9. The van der Waals surface area contributed by atoms with E-state index in [4.69, 9.17) is 0 Å². The van der Waals surface area contributed by atoms with Crippen LogP contribution in [0.15, 0.2) is 48.7 Å². The van der Waals surface area contributed by atoms with Gasteiger partial charge in [0.05, 0.1) is 17.1 Å². The molecular weight excluding hydrogens is 343 g/mol. The standard InChI is InChI=1S/C20H19FN6/c1-20(2,3)27-19-25-17(16-8-4-5-10-23-16)11-18(26-19)24-15-9-6-7-14(21)13(15)12-22/h4-11H,1-3H3,(H2,24,25,26,27). The van der Waals surface area contributed by atoms with Crippen molar-refractivity contribution >= 4 is 17.5 Å². The summed E-state index contributed by atoms with van der Waals surface area (Å²) < 4.78 is 13.9. The maximum Gasteiger partial charge on any atom is 0.225 e. The van der Waals surface area contributed by atoms with Crippen LogP contribution in [0.5, 0.6) is 0 Å². The predicted octanol–water partition coefficient (Wildman–Crippen LogP) is 4.50. The number of pyridine rings is 1. The van der Waals surface area contributed by atoms with Crippen molar-refractivity contribution in [3.63, 3.8) is 0 Å². The van der Waals surface area contributed by atoms with Crippen LogP contribution in [0.25, 0.3) is 11.4 Å². The molecule has 0 radical (unpaired) electrons. The molecule has 0 aliphatic carbocycles. The number of nitriles is 1. The van der Waals surface area contributed by atoms with Crippen molar-refractivity contribution in [1.29, 1.82) is 5.26 Å². The molecule has 0 atom stereocenters. The fourth-order valence-electron chi connectivity index (χ4n) is 2.43. The largest absolute Gasteiger partial charge is 0.350 e. The average Bonchev–Trinajstić information content (AvgIpc) is 2.61. The Kier molecular flexibility index (Phi) is 4.99. The van der Waals surface area contributed by atoms with Gasteiger partial charge in [-0.1, -0.05) is 12.1 Å². The third kappa shape index (κ3) is 4.55. The Balaban J connectivity index is 2.06. The van der Waals surface area contributed by atoms with Crippen molar-refractivity contribution in [2.45, 2.75) is 26.3 Å². The number of benzene rings is 1. The summed E-state index contributed by atoms with van der Waals surface area (Å²) in [6.07, 6.45) is 1.68. The number of halogens is 1. The van der Waals surface area contributed by atoms with Crippen LogP contribution in [0.3, 0.4) is 0 Å². The third-order valence-corrected chi connectivity index (χ3v) is 3.53. The highest BCUT2D eigenvalue weighted by atomic mass is 19.1. The number of rotatable bonds is 4. The molecule has 3 aromatic rings. The topological polar surface area (TPSA) is 86.5 Å². The molecule has 0 saturated carbocycles. The van der Waals surface area contributed by atoms with Gasteiger partial charge in [-0.2, -0.15) is 10.2 Å². The number of hydrogen-bond acceptors (Lipinski definition) is 6. The quantitative estimate of drug-likeness (QED) is 0.710. The van der Waals surface area contributed by atoms with E-state index in [0.29, 0.717) is 28.8 Å². The summed E-state index contributed by atoms with van der Waals surface area (Å²) in [6.45, 7) is 5.99. The van der Waals surface area contributed by atoms with Gasteiger partial charge < -0.3 is 10.6 Å². The number of aromatic nitrogens is 3. The van der Waals surface area contributed by atoms with Crippen molar-refractivity contribution in [2.75, 3.05) is 10.6 Å². The minimum Gasteiger partial charge on any atom is -0.350 e. The minimum atomic E-state index is -0.588. The summed E-state index contributed by atoms with van der Waals surface area (Å²) in [5.74, 6) is 0.247. The van der Waals surface area contributed by atoms with Crippen LogP contribution in [-0.4, -0.2) is 20.5 Å². The van der Waals surface area contributed by atoms with E-state index in [1.807, 2.05) is 45.0 Å². The van der Waals surface area contributed by atoms with Crippen LogP contribution in [0.2, 0.25) is 0 Å². The molecular formula is C20H19FN6. The molecule has 0 fully saturated rings. The zero-order valence-electron chi connectivity index (χ0n) is 15.3. The Bertz CT molecular complexity index is 990. The molecule has 1 aromatic carbocycles. The molecule has 0 spiro atoms. The van der Waals surface area contributed by atoms with Gasteiger partial charge >= 0.3 is 0 Å². The maximum absolute atomic E-state index is 13.9. The maximum atomic E-state index is 13.9. The van der Waals surface area contributed by atoms with Crippen molar-refractivity contribution in [3.05, 3.63) is 60.0 Å². The van der Waals surface area contributed by atoms with Gasteiger partial charge in [-0.3, -0.25) is 4.98 Å². The van der Waals surface area contributed by atoms with E-state index in [-0.39, 0.29) is 11.1 Å². The molecule has 2 N–H and O–H groups in total. The van der Waals surface area contributed by atoms with Crippen molar-refractivity contribution < 1.29 is 4.39 Å². The van der Waals surface area contributed by atoms with E-state index in [2.05, 4.69) is 25.6 Å². The van der Waals surface area contributed by atoms with Gasteiger partial charge in [0.2, 0.25) is 5.95 Å². The van der Waals surface area contributed by atoms with Gasteiger partial charge in [-0.15, -0.1) is 0 Å². The lowest BCUT2D eigenvalue weighted by Gasteiger charge is -2.21. The van der Waals surface area contributed by atoms with E-state index in [1.54, 1.807) is 18.3 Å². The first kappa shape index (κ1) is 18.3. The molecule has 2 aromatic heterocycles. The lowest BCUT2D eigenvalue weighted by Crippen LogP contribution is -2.27. The second-order valence-electron chi connectivity index (χ2n) is 6.95. The van der Waals surface area contributed by atoms with Gasteiger partial charge in [-0.05, 0) is 45.0 Å². The second-order valence-corrected chi connectivity index (χ2v) is 6.95. The molecule has 0 bridgehead atoms. The Morgan fingerprint density at radius 3 is 2.52 bits per heavy atom. The summed E-state index contributed by atoms with van der Waals surface area (Å²) in [6, 6.07) is 13.5. The molecule has 0 aliphatic heterocycles. The smallest absolute Gasteiger partial charge is 0.225 e. The summed E-state index contributed by atoms with van der Waals surface area (Å²) in [7, 11) is 0. The molecule has 7 heteroatoms. The molecule has 0 aliphatic rings. The number of hydrogen-bond donors (Lipinski definition) is 2. The van der Waals surface area contributed by atoms with Crippen molar-refractivity contribution in [1.82, 2.24) is 15.0 Å². The SMILES string of the molecule is CC(C)(C)Nc1nc(Nc2cccc(F)c2C#N)cc(-c2ccccn2)n1. The van der Waals surface area contributed by atoms with Gasteiger partial charge in [0.1, 0.15) is 23.3 Å². The minimum absolute atomic E-state index is 0.0687. The summed E-state index contributed by atoms with van der Waals surface area (Å²) in [5, 5.41) is 15.5. The van der Waals surface area contributed by atoms with Crippen LogP contribution >= 0.6 is 0 Å². The summed E-state index contributed by atoms with van der Waals surface area (Å²) in [4.78, 5) is 13.3. The monoisotopic (exact) mass is 362 g/mol. The Hall–Kier alpha value is -3.53. The summed E-state index contributed by atoms with van der Waals surface area (Å²) >= 11 is 0. The van der Waals surface area contributed by atoms with Crippen LogP contribution in [0.4, 0.5) is 21.8 Å². The summed E-state index contributed by atoms with van der Waals surface area (Å²) in [5.41, 5.74) is 1.30. The van der Waals surface area contributed by atoms with Gasteiger partial charge in [0, 0.05) is 17.8 Å². The molecule has 27 heavy (non-hydrogen) atoms. The lowest BCUT2D eigenvalue weighted by atomic mass is 10.1. The highest BCUT2D eigenvalue weighted by Gasteiger charge is 2.15. The lowest BCUT2D eigenvalue weighted by molar-refractivity contribution is 0.624. The van der Waals surface area contributed by atoms with Crippen LogP contribution in [0.1, 0.15) is 26.3 Å². The highest BCUT2D eigenvalue weighted by molar-refractivity contribution is 5.69. The normalized spacial score (nSPS) is 10.9. The number of nitrogens with one attached hydrogen (secondary N) is 2. The van der Waals surface area contributed by atoms with E-state index in [9.17, 15) is 9.65 Å². The van der Waals surface area contributed by atoms with E-state index < -0.39 is 5.82 Å². The average molecular weight is 362 g/mol. The molecule has 136 valence electrons. The molecule has 3 rings (SSSR count). The Morgan fingerprint density at radius 1 is 1.04 bits per heavy atom. The fraction of sp³-hybridized carbons (Fsp3) is 0.200. The van der Waals surface area contributed by atoms with Crippen molar-refractivity contribution in [2.24, 2.45) is 0 Å². The van der Waals surface area contributed by atoms with E-state index in [1.165, 1.54) is 12.1 Å². The van der Waals surface area contributed by atoms with Gasteiger partial charge in [-0.25, -0.2) is 9.37 Å². The molecule has 0 unspecified atom stereocenters. The number of nitrogens with zero attached hydrogens (tertiary/aromatic N) is 4. The Morgan fingerprint density at radius 2 is 1.85 bits per heavy atom. The third-order valence-electron chi connectivity index (χ3n) is 3.53. The molecule has 2 heterocycles. The molecule has 0 saturated heterocycles. The van der Waals surface area contributed by atoms with E-state index in [0.717, 1.165) is 0 Å². The van der Waals surface area contributed by atoms with Crippen LogP contribution < -0.4 is 10.6 Å². The zero-order chi connectivity index (χ0) is 19.4.